The maximum atomic E-state index is 12.6. The third kappa shape index (κ3) is 3.37. The summed E-state index contributed by atoms with van der Waals surface area (Å²) >= 11 is 0. The fourth-order valence-electron chi connectivity index (χ4n) is 3.97. The Morgan fingerprint density at radius 3 is 2.46 bits per heavy atom. The smallest absolute Gasteiger partial charge is 0.189 e. The molecule has 2 aromatic rings. The zero-order valence-corrected chi connectivity index (χ0v) is 14.7. The highest BCUT2D eigenvalue weighted by molar-refractivity contribution is 6.13. The normalized spacial score (nSPS) is 19.8. The first-order valence-corrected chi connectivity index (χ1v) is 9.16. The number of rotatable bonds is 3. The molecule has 1 aliphatic heterocycles. The highest BCUT2D eigenvalue weighted by Crippen LogP contribution is 2.36. The summed E-state index contributed by atoms with van der Waals surface area (Å²) in [4.78, 5) is 15.0. The van der Waals surface area contributed by atoms with E-state index in [9.17, 15) is 15.0 Å². The molecular weight excluding hydrogens is 326 g/mol. The Morgan fingerprint density at radius 2 is 1.73 bits per heavy atom. The topological polar surface area (TPSA) is 60.8 Å². The highest BCUT2D eigenvalue weighted by atomic mass is 16.3. The lowest BCUT2D eigenvalue weighted by atomic mass is 9.93. The monoisotopic (exact) mass is 349 g/mol. The molecule has 1 saturated heterocycles. The predicted molar refractivity (Wildman–Crippen MR) is 100 cm³/mol. The van der Waals surface area contributed by atoms with E-state index in [0.29, 0.717) is 17.9 Å². The number of ketones is 1. The maximum absolute atomic E-state index is 12.6. The Hall–Kier alpha value is -2.59. The molecule has 2 aliphatic rings. The van der Waals surface area contributed by atoms with E-state index in [1.54, 1.807) is 0 Å². The Kier molecular flexibility index (Phi) is 4.51. The molecule has 0 saturated carbocycles. The minimum Gasteiger partial charge on any atom is -0.504 e. The molecule has 4 heteroatoms. The molecule has 134 valence electrons. The van der Waals surface area contributed by atoms with Gasteiger partial charge in [-0.3, -0.25) is 9.69 Å². The van der Waals surface area contributed by atoms with Crippen LogP contribution in [0.4, 0.5) is 0 Å². The van der Waals surface area contributed by atoms with E-state index < -0.39 is 0 Å². The lowest BCUT2D eigenvalue weighted by Crippen LogP contribution is -2.32. The van der Waals surface area contributed by atoms with Crippen LogP contribution in [-0.2, 0) is 13.0 Å². The molecule has 1 aliphatic carbocycles. The molecule has 0 bridgehead atoms. The Balaban J connectivity index is 1.39. The predicted octanol–water partition coefficient (Wildman–Crippen LogP) is 3.68. The fourth-order valence-corrected chi connectivity index (χ4v) is 3.97. The lowest BCUT2D eigenvalue weighted by Gasteiger charge is -2.30. The van der Waals surface area contributed by atoms with Gasteiger partial charge in [-0.1, -0.05) is 36.4 Å². The number of carbonyl (C=O) groups is 1. The summed E-state index contributed by atoms with van der Waals surface area (Å²) < 4.78 is 0. The van der Waals surface area contributed by atoms with Crippen LogP contribution in [0.15, 0.2) is 54.1 Å². The summed E-state index contributed by atoms with van der Waals surface area (Å²) in [6, 6.07) is 13.4. The van der Waals surface area contributed by atoms with Gasteiger partial charge >= 0.3 is 0 Å². The van der Waals surface area contributed by atoms with Gasteiger partial charge in [-0.2, -0.15) is 0 Å². The van der Waals surface area contributed by atoms with Gasteiger partial charge in [0.05, 0.1) is 0 Å². The van der Waals surface area contributed by atoms with Crippen LogP contribution in [0.5, 0.6) is 11.5 Å². The average molecular weight is 349 g/mol. The van der Waals surface area contributed by atoms with Crippen LogP contribution in [0.2, 0.25) is 0 Å². The molecule has 1 fully saturated rings. The number of phenols is 2. The van der Waals surface area contributed by atoms with Crippen molar-refractivity contribution in [1.82, 2.24) is 4.90 Å². The molecular formula is C22H23NO3. The molecule has 0 radical (unpaired) electrons. The molecule has 4 nitrogen and oxygen atoms in total. The van der Waals surface area contributed by atoms with Crippen molar-refractivity contribution in [2.75, 3.05) is 13.1 Å². The second-order valence-corrected chi connectivity index (χ2v) is 7.30. The minimum atomic E-state index is -0.229. The Labute approximate surface area is 153 Å². The van der Waals surface area contributed by atoms with Crippen LogP contribution in [0.25, 0.3) is 0 Å². The number of carbonyl (C=O) groups excluding carboxylic acids is 1. The summed E-state index contributed by atoms with van der Waals surface area (Å²) in [6.07, 6.45) is 4.77. The van der Waals surface area contributed by atoms with Gasteiger partial charge in [-0.15, -0.1) is 0 Å². The Morgan fingerprint density at radius 1 is 1.04 bits per heavy atom. The van der Waals surface area contributed by atoms with Gasteiger partial charge in [0, 0.05) is 24.1 Å². The lowest BCUT2D eigenvalue weighted by molar-refractivity contribution is 0.103. The zero-order valence-electron chi connectivity index (χ0n) is 14.7. The largest absolute Gasteiger partial charge is 0.504 e. The number of benzene rings is 2. The van der Waals surface area contributed by atoms with E-state index in [1.165, 1.54) is 17.7 Å². The van der Waals surface area contributed by atoms with Crippen LogP contribution in [0.1, 0.15) is 34.3 Å². The molecule has 0 amide bonds. The number of phenolic OH excluding ortho intramolecular Hbond substituents is 2. The second-order valence-electron chi connectivity index (χ2n) is 7.30. The van der Waals surface area contributed by atoms with Crippen LogP contribution in [0, 0.1) is 5.92 Å². The van der Waals surface area contributed by atoms with Crippen LogP contribution < -0.4 is 0 Å². The molecule has 26 heavy (non-hydrogen) atoms. The third-order valence-corrected chi connectivity index (χ3v) is 5.44. The second kappa shape index (κ2) is 6.96. The van der Waals surface area contributed by atoms with E-state index in [-0.39, 0.29) is 17.3 Å². The first-order valence-electron chi connectivity index (χ1n) is 9.16. The summed E-state index contributed by atoms with van der Waals surface area (Å²) in [5, 5.41) is 19.3. The van der Waals surface area contributed by atoms with Crippen molar-refractivity contribution in [3.8, 4) is 11.5 Å². The number of allylic oxidation sites excluding steroid dienone is 2. The van der Waals surface area contributed by atoms with Gasteiger partial charge in [0.15, 0.2) is 17.3 Å². The number of piperidine rings is 1. The minimum absolute atomic E-state index is 0.0120. The number of likely N-dealkylation sites (tertiary alicyclic amines) is 1. The quantitative estimate of drug-likeness (QED) is 0.656. The van der Waals surface area contributed by atoms with E-state index in [0.717, 1.165) is 43.6 Å². The zero-order chi connectivity index (χ0) is 18.1. The molecule has 0 unspecified atom stereocenters. The number of hydrogen-bond acceptors (Lipinski definition) is 4. The molecule has 0 aromatic heterocycles. The average Bonchev–Trinajstić information content (AvgIpc) is 2.93. The molecule has 0 atom stereocenters. The molecule has 1 heterocycles. The fraction of sp³-hybridized carbons (Fsp3) is 0.318. The van der Waals surface area contributed by atoms with Crippen molar-refractivity contribution in [2.45, 2.75) is 25.8 Å². The number of fused-ring (bicyclic) bond motifs is 1. The van der Waals surface area contributed by atoms with E-state index >= 15 is 0 Å². The number of hydrogen-bond donors (Lipinski definition) is 2. The molecule has 2 aromatic carbocycles. The number of Topliss-reactive ketones (excluding diaryl/α,β-unsaturated/α-hetero) is 1. The summed E-state index contributed by atoms with van der Waals surface area (Å²) in [5.74, 6) is 0.0130. The van der Waals surface area contributed by atoms with Crippen molar-refractivity contribution >= 4 is 5.78 Å². The molecule has 0 spiro atoms. The van der Waals surface area contributed by atoms with Gasteiger partial charge in [0.2, 0.25) is 0 Å². The first-order chi connectivity index (χ1) is 12.6. The summed E-state index contributed by atoms with van der Waals surface area (Å²) in [6.45, 7) is 3.05. The van der Waals surface area contributed by atoms with Gasteiger partial charge in [-0.25, -0.2) is 0 Å². The third-order valence-electron chi connectivity index (χ3n) is 5.44. The van der Waals surface area contributed by atoms with Crippen molar-refractivity contribution in [1.29, 1.82) is 0 Å². The van der Waals surface area contributed by atoms with Gasteiger partial charge in [0.25, 0.3) is 0 Å². The SMILES string of the molecule is O=C1C(=CC2CCN(Cc3ccccc3)CC2)Cc2cc(O)c(O)cc21. The maximum Gasteiger partial charge on any atom is 0.189 e. The van der Waals surface area contributed by atoms with E-state index in [2.05, 4.69) is 35.2 Å². The first kappa shape index (κ1) is 16.9. The number of nitrogens with zero attached hydrogens (tertiary/aromatic N) is 1. The number of aromatic hydroxyl groups is 2. The van der Waals surface area contributed by atoms with Crippen LogP contribution in [-0.4, -0.2) is 34.0 Å². The van der Waals surface area contributed by atoms with Crippen LogP contribution >= 0.6 is 0 Å². The Bertz CT molecular complexity index is 849. The van der Waals surface area contributed by atoms with Crippen molar-refractivity contribution < 1.29 is 15.0 Å². The van der Waals surface area contributed by atoms with Gasteiger partial charge in [0.1, 0.15) is 0 Å². The molecule has 4 rings (SSSR count). The van der Waals surface area contributed by atoms with Crippen molar-refractivity contribution in [3.05, 3.63) is 70.8 Å². The standard InChI is InChI=1S/C22H23NO3/c24-20-12-17-11-18(22(26)19(17)13-21(20)25)10-15-6-8-23(9-7-15)14-16-4-2-1-3-5-16/h1-5,10,12-13,15,24-25H,6-9,11,14H2. The van der Waals surface area contributed by atoms with E-state index in [1.807, 2.05) is 6.07 Å². The van der Waals surface area contributed by atoms with Gasteiger partial charge in [-0.05, 0) is 55.1 Å². The summed E-state index contributed by atoms with van der Waals surface area (Å²) in [5.41, 5.74) is 3.46. The van der Waals surface area contributed by atoms with E-state index in [4.69, 9.17) is 0 Å². The summed E-state index contributed by atoms with van der Waals surface area (Å²) in [7, 11) is 0. The van der Waals surface area contributed by atoms with Gasteiger partial charge < -0.3 is 10.2 Å². The highest BCUT2D eigenvalue weighted by Gasteiger charge is 2.28. The van der Waals surface area contributed by atoms with Crippen LogP contribution in [0.3, 0.4) is 0 Å². The van der Waals surface area contributed by atoms with Crippen molar-refractivity contribution in [3.63, 3.8) is 0 Å². The molecule has 2 N–H and O–H groups in total. The van der Waals surface area contributed by atoms with Crippen molar-refractivity contribution in [2.24, 2.45) is 5.92 Å².